The summed E-state index contributed by atoms with van der Waals surface area (Å²) < 4.78 is 5.21. The van der Waals surface area contributed by atoms with Crippen molar-refractivity contribution in [2.24, 2.45) is 5.92 Å². The first kappa shape index (κ1) is 14.2. The molecule has 0 aliphatic rings. The Hall–Kier alpha value is -2.24. The van der Waals surface area contributed by atoms with Crippen LogP contribution >= 0.6 is 0 Å². The Bertz CT molecular complexity index is 609. The van der Waals surface area contributed by atoms with E-state index >= 15 is 0 Å². The van der Waals surface area contributed by atoms with Gasteiger partial charge in [0.15, 0.2) is 0 Å². The van der Waals surface area contributed by atoms with E-state index in [1.807, 2.05) is 13.0 Å². The van der Waals surface area contributed by atoms with Crippen molar-refractivity contribution in [3.8, 4) is 11.4 Å². The van der Waals surface area contributed by atoms with Crippen molar-refractivity contribution in [1.29, 1.82) is 0 Å². The summed E-state index contributed by atoms with van der Waals surface area (Å²) in [6.07, 6.45) is 4.26. The summed E-state index contributed by atoms with van der Waals surface area (Å²) in [4.78, 5) is 19.4. The van der Waals surface area contributed by atoms with Gasteiger partial charge < -0.3 is 9.63 Å². The van der Waals surface area contributed by atoms with Crippen molar-refractivity contribution in [2.45, 2.75) is 33.1 Å². The second-order valence-electron chi connectivity index (χ2n) is 4.76. The van der Waals surface area contributed by atoms with Crippen LogP contribution in [-0.4, -0.2) is 26.2 Å². The number of carboxylic acid groups (broad SMARTS) is 1. The van der Waals surface area contributed by atoms with E-state index < -0.39 is 11.9 Å². The van der Waals surface area contributed by atoms with E-state index in [1.54, 1.807) is 26.2 Å². The first-order valence-electron chi connectivity index (χ1n) is 6.54. The van der Waals surface area contributed by atoms with Crippen LogP contribution in [-0.2, 0) is 11.2 Å². The largest absolute Gasteiger partial charge is 0.481 e. The highest BCUT2D eigenvalue weighted by Crippen LogP contribution is 2.26. The van der Waals surface area contributed by atoms with Gasteiger partial charge in [0.25, 0.3) is 0 Å². The molecule has 20 heavy (non-hydrogen) atoms. The minimum Gasteiger partial charge on any atom is -0.481 e. The predicted octanol–water partition coefficient (Wildman–Crippen LogP) is 2.52. The lowest BCUT2D eigenvalue weighted by Gasteiger charge is -2.10. The summed E-state index contributed by atoms with van der Waals surface area (Å²) in [6, 6.07) is 1.83. The molecule has 2 heterocycles. The molecule has 6 nitrogen and oxygen atoms in total. The van der Waals surface area contributed by atoms with Crippen molar-refractivity contribution in [3.05, 3.63) is 29.9 Å². The second-order valence-corrected chi connectivity index (χ2v) is 4.76. The molecule has 2 aromatic heterocycles. The molecule has 2 aromatic rings. The SMILES string of the molecule is CCc1cnccc1-c1noc(C(C)C(C)C(=O)O)n1. The van der Waals surface area contributed by atoms with Gasteiger partial charge in [0.05, 0.1) is 5.92 Å². The van der Waals surface area contributed by atoms with E-state index in [0.29, 0.717) is 11.7 Å². The van der Waals surface area contributed by atoms with Crippen LogP contribution in [0.4, 0.5) is 0 Å². The zero-order valence-electron chi connectivity index (χ0n) is 11.7. The van der Waals surface area contributed by atoms with E-state index in [4.69, 9.17) is 9.63 Å². The average Bonchev–Trinajstić information content (AvgIpc) is 2.95. The van der Waals surface area contributed by atoms with E-state index in [-0.39, 0.29) is 5.92 Å². The van der Waals surface area contributed by atoms with Gasteiger partial charge in [0.1, 0.15) is 0 Å². The smallest absolute Gasteiger partial charge is 0.307 e. The van der Waals surface area contributed by atoms with Gasteiger partial charge >= 0.3 is 5.97 Å². The summed E-state index contributed by atoms with van der Waals surface area (Å²) in [5, 5.41) is 13.0. The number of pyridine rings is 1. The maximum absolute atomic E-state index is 11.0. The molecule has 0 aliphatic carbocycles. The number of rotatable bonds is 5. The summed E-state index contributed by atoms with van der Waals surface area (Å²) in [6.45, 7) is 5.42. The molecule has 6 heteroatoms. The van der Waals surface area contributed by atoms with Gasteiger partial charge in [0.2, 0.25) is 11.7 Å². The fourth-order valence-electron chi connectivity index (χ4n) is 1.88. The third-order valence-corrected chi connectivity index (χ3v) is 3.50. The number of hydrogen-bond donors (Lipinski definition) is 1. The average molecular weight is 275 g/mol. The van der Waals surface area contributed by atoms with Gasteiger partial charge in [-0.15, -0.1) is 0 Å². The molecule has 0 fully saturated rings. The third-order valence-electron chi connectivity index (χ3n) is 3.50. The third kappa shape index (κ3) is 2.68. The van der Waals surface area contributed by atoms with Crippen molar-refractivity contribution >= 4 is 5.97 Å². The Labute approximate surface area is 116 Å². The van der Waals surface area contributed by atoms with Crippen LogP contribution < -0.4 is 0 Å². The van der Waals surface area contributed by atoms with Crippen LogP contribution in [0.5, 0.6) is 0 Å². The molecule has 0 saturated carbocycles. The first-order chi connectivity index (χ1) is 9.54. The topological polar surface area (TPSA) is 89.1 Å². The Morgan fingerprint density at radius 2 is 2.20 bits per heavy atom. The molecule has 1 N–H and O–H groups in total. The Morgan fingerprint density at radius 1 is 1.45 bits per heavy atom. The maximum atomic E-state index is 11.0. The fraction of sp³-hybridized carbons (Fsp3) is 0.429. The first-order valence-corrected chi connectivity index (χ1v) is 6.54. The summed E-state index contributed by atoms with van der Waals surface area (Å²) >= 11 is 0. The van der Waals surface area contributed by atoms with Crippen LogP contribution in [0.1, 0.15) is 38.1 Å². The van der Waals surface area contributed by atoms with Crippen LogP contribution in [0.15, 0.2) is 23.0 Å². The summed E-state index contributed by atoms with van der Waals surface area (Å²) in [5.41, 5.74) is 1.89. The van der Waals surface area contributed by atoms with Crippen LogP contribution in [0.2, 0.25) is 0 Å². The quantitative estimate of drug-likeness (QED) is 0.901. The minimum atomic E-state index is -0.879. The van der Waals surface area contributed by atoms with Gasteiger partial charge in [-0.2, -0.15) is 4.98 Å². The molecule has 0 radical (unpaired) electrons. The number of aliphatic carboxylic acids is 1. The summed E-state index contributed by atoms with van der Waals surface area (Å²) in [5.74, 6) is -0.972. The minimum absolute atomic E-state index is 0.333. The summed E-state index contributed by atoms with van der Waals surface area (Å²) in [7, 11) is 0. The van der Waals surface area contributed by atoms with Crippen molar-refractivity contribution in [1.82, 2.24) is 15.1 Å². The second kappa shape index (κ2) is 5.81. The van der Waals surface area contributed by atoms with Crippen molar-refractivity contribution in [3.63, 3.8) is 0 Å². The maximum Gasteiger partial charge on any atom is 0.307 e. The molecule has 0 bridgehead atoms. The molecule has 0 spiro atoms. The molecular formula is C14H17N3O3. The Morgan fingerprint density at radius 3 is 2.85 bits per heavy atom. The van der Waals surface area contributed by atoms with Gasteiger partial charge in [-0.05, 0) is 18.1 Å². The van der Waals surface area contributed by atoms with Gasteiger partial charge in [-0.3, -0.25) is 9.78 Å². The number of aromatic nitrogens is 3. The molecule has 0 saturated heterocycles. The molecule has 2 atom stereocenters. The molecule has 2 rings (SSSR count). The highest BCUT2D eigenvalue weighted by molar-refractivity contribution is 5.70. The Kier molecular flexibility index (Phi) is 4.12. The highest BCUT2D eigenvalue weighted by atomic mass is 16.5. The number of aryl methyl sites for hydroxylation is 1. The van der Waals surface area contributed by atoms with Crippen molar-refractivity contribution in [2.75, 3.05) is 0 Å². The lowest BCUT2D eigenvalue weighted by Crippen LogP contribution is -2.16. The molecule has 0 aliphatic heterocycles. The number of carboxylic acids is 1. The van der Waals surface area contributed by atoms with Gasteiger partial charge in [-0.1, -0.05) is 25.9 Å². The molecule has 106 valence electrons. The monoisotopic (exact) mass is 275 g/mol. The van der Waals surface area contributed by atoms with E-state index in [2.05, 4.69) is 15.1 Å². The number of hydrogen-bond acceptors (Lipinski definition) is 5. The fourth-order valence-corrected chi connectivity index (χ4v) is 1.88. The lowest BCUT2D eigenvalue weighted by atomic mass is 9.96. The number of carbonyl (C=O) groups is 1. The van der Waals surface area contributed by atoms with Crippen LogP contribution in [0.3, 0.4) is 0 Å². The molecule has 0 amide bonds. The van der Waals surface area contributed by atoms with Crippen LogP contribution in [0, 0.1) is 5.92 Å². The van der Waals surface area contributed by atoms with E-state index in [9.17, 15) is 4.79 Å². The van der Waals surface area contributed by atoms with Crippen LogP contribution in [0.25, 0.3) is 11.4 Å². The molecule has 0 aromatic carbocycles. The number of nitrogens with zero attached hydrogens (tertiary/aromatic N) is 3. The zero-order valence-corrected chi connectivity index (χ0v) is 11.7. The van der Waals surface area contributed by atoms with Gasteiger partial charge in [0, 0.05) is 23.9 Å². The van der Waals surface area contributed by atoms with E-state index in [1.165, 1.54) is 0 Å². The zero-order chi connectivity index (χ0) is 14.7. The highest BCUT2D eigenvalue weighted by Gasteiger charge is 2.26. The van der Waals surface area contributed by atoms with E-state index in [0.717, 1.165) is 17.5 Å². The van der Waals surface area contributed by atoms with Crippen molar-refractivity contribution < 1.29 is 14.4 Å². The normalized spacial score (nSPS) is 13.9. The predicted molar refractivity (Wildman–Crippen MR) is 72.1 cm³/mol. The molecule has 2 unspecified atom stereocenters. The lowest BCUT2D eigenvalue weighted by molar-refractivity contribution is -0.141. The standard InChI is InChI=1S/C14H17N3O3/c1-4-10-7-15-6-5-11(10)12-16-13(20-17-12)8(2)9(3)14(18)19/h5-9H,4H2,1-3H3,(H,18,19). The molecular weight excluding hydrogens is 258 g/mol. The Balaban J connectivity index is 2.31. The van der Waals surface area contributed by atoms with Gasteiger partial charge in [-0.25, -0.2) is 0 Å².